The Balaban J connectivity index is 1.73. The molecular weight excluding hydrogens is 383 g/mol. The van der Waals surface area contributed by atoms with E-state index in [0.29, 0.717) is 22.6 Å². The van der Waals surface area contributed by atoms with E-state index in [0.717, 1.165) is 17.8 Å². The third-order valence-corrected chi connectivity index (χ3v) is 5.65. The van der Waals surface area contributed by atoms with Gasteiger partial charge in [-0.1, -0.05) is 0 Å². The normalized spacial score (nSPS) is 11.3. The van der Waals surface area contributed by atoms with Gasteiger partial charge in [0.1, 0.15) is 5.82 Å². The number of rotatable bonds is 5. The molecule has 0 saturated heterocycles. The first-order valence-corrected chi connectivity index (χ1v) is 9.86. The Morgan fingerprint density at radius 3 is 2.11 bits per heavy atom. The molecule has 3 aromatic rings. The summed E-state index contributed by atoms with van der Waals surface area (Å²) in [4.78, 5) is 12.4. The summed E-state index contributed by atoms with van der Waals surface area (Å²) in [6.07, 6.45) is 0. The molecule has 1 heterocycles. The van der Waals surface area contributed by atoms with Crippen LogP contribution < -0.4 is 10.0 Å². The van der Waals surface area contributed by atoms with Crippen LogP contribution in [0.2, 0.25) is 0 Å². The quantitative estimate of drug-likeness (QED) is 0.685. The molecule has 0 bridgehead atoms. The topological polar surface area (TPSA) is 93.1 Å². The maximum absolute atomic E-state index is 13.0. The number of benzene rings is 2. The zero-order chi connectivity index (χ0) is 20.5. The summed E-state index contributed by atoms with van der Waals surface area (Å²) < 4.78 is 41.7. The Bertz CT molecular complexity index is 1120. The Hall–Kier alpha value is -3.20. The molecule has 0 aliphatic carbocycles. The summed E-state index contributed by atoms with van der Waals surface area (Å²) in [7, 11) is -2.07. The van der Waals surface area contributed by atoms with Crippen molar-refractivity contribution in [3.05, 3.63) is 71.3 Å². The average molecular weight is 402 g/mol. The summed E-state index contributed by atoms with van der Waals surface area (Å²) in [6, 6.07) is 10.8. The minimum absolute atomic E-state index is 0.0474. The number of carbonyl (C=O) groups excluding carboxylic acids is 1. The van der Waals surface area contributed by atoms with E-state index in [1.807, 2.05) is 6.92 Å². The second kappa shape index (κ2) is 7.43. The van der Waals surface area contributed by atoms with Crippen LogP contribution in [-0.4, -0.2) is 24.1 Å². The molecule has 1 aromatic heterocycles. The molecule has 0 radical (unpaired) electrons. The largest absolute Gasteiger partial charge is 0.322 e. The summed E-state index contributed by atoms with van der Waals surface area (Å²) in [5.74, 6) is -0.805. The van der Waals surface area contributed by atoms with E-state index in [-0.39, 0.29) is 10.8 Å². The summed E-state index contributed by atoms with van der Waals surface area (Å²) in [5, 5.41) is 6.99. The van der Waals surface area contributed by atoms with Crippen molar-refractivity contribution in [3.63, 3.8) is 0 Å². The van der Waals surface area contributed by atoms with Crippen LogP contribution >= 0.6 is 0 Å². The fraction of sp³-hybridized carbons (Fsp3) is 0.158. The number of hydrogen-bond acceptors (Lipinski definition) is 4. The molecule has 2 N–H and O–H groups in total. The number of anilines is 2. The van der Waals surface area contributed by atoms with Gasteiger partial charge in [-0.15, -0.1) is 0 Å². The molecule has 0 fully saturated rings. The highest BCUT2D eigenvalue weighted by Gasteiger charge is 2.18. The molecular formula is C19H19FN4O3S. The van der Waals surface area contributed by atoms with Crippen LogP contribution in [0, 0.1) is 19.7 Å². The SMILES string of the molecule is Cc1nn(C)c(C)c1C(=O)Nc1ccc(NS(=O)(=O)c2ccc(F)cc2)cc1. The Morgan fingerprint density at radius 1 is 1.00 bits per heavy atom. The van der Waals surface area contributed by atoms with Crippen LogP contribution in [0.5, 0.6) is 0 Å². The summed E-state index contributed by atoms with van der Waals surface area (Å²) in [5.41, 5.74) is 2.71. The van der Waals surface area contributed by atoms with Gasteiger partial charge in [-0.2, -0.15) is 5.10 Å². The van der Waals surface area contributed by atoms with Crippen molar-refractivity contribution in [2.24, 2.45) is 7.05 Å². The second-order valence-electron chi connectivity index (χ2n) is 6.26. The standard InChI is InChI=1S/C19H19FN4O3S/c1-12-18(13(2)24(3)22-12)19(25)21-15-6-8-16(9-7-15)23-28(26,27)17-10-4-14(20)5-11-17/h4-11,23H,1-3H3,(H,21,25). The molecule has 0 aliphatic heterocycles. The van der Waals surface area contributed by atoms with Gasteiger partial charge < -0.3 is 5.32 Å². The molecule has 0 spiro atoms. The maximum Gasteiger partial charge on any atom is 0.261 e. The van der Waals surface area contributed by atoms with Crippen molar-refractivity contribution in [3.8, 4) is 0 Å². The number of halogens is 1. The maximum atomic E-state index is 13.0. The predicted octanol–water partition coefficient (Wildman–Crippen LogP) is 3.23. The highest BCUT2D eigenvalue weighted by Crippen LogP contribution is 2.20. The van der Waals surface area contributed by atoms with Crippen LogP contribution in [0.3, 0.4) is 0 Å². The molecule has 0 unspecified atom stereocenters. The van der Waals surface area contributed by atoms with Crippen LogP contribution in [-0.2, 0) is 17.1 Å². The van der Waals surface area contributed by atoms with E-state index in [1.54, 1.807) is 30.8 Å². The number of hydrogen-bond donors (Lipinski definition) is 2. The van der Waals surface area contributed by atoms with Crippen LogP contribution in [0.4, 0.5) is 15.8 Å². The van der Waals surface area contributed by atoms with E-state index in [2.05, 4.69) is 15.1 Å². The molecule has 28 heavy (non-hydrogen) atoms. The van der Waals surface area contributed by atoms with E-state index < -0.39 is 15.8 Å². The minimum Gasteiger partial charge on any atom is -0.322 e. The second-order valence-corrected chi connectivity index (χ2v) is 7.94. The zero-order valence-electron chi connectivity index (χ0n) is 15.5. The number of sulfonamides is 1. The van der Waals surface area contributed by atoms with Crippen molar-refractivity contribution in [2.75, 3.05) is 10.0 Å². The van der Waals surface area contributed by atoms with Gasteiger partial charge in [-0.25, -0.2) is 12.8 Å². The zero-order valence-corrected chi connectivity index (χ0v) is 16.3. The van der Waals surface area contributed by atoms with E-state index in [1.165, 1.54) is 24.3 Å². The van der Waals surface area contributed by atoms with Crippen LogP contribution in [0.15, 0.2) is 53.4 Å². The Labute approximate surface area is 162 Å². The Morgan fingerprint density at radius 2 is 1.57 bits per heavy atom. The van der Waals surface area contributed by atoms with E-state index in [9.17, 15) is 17.6 Å². The lowest BCUT2D eigenvalue weighted by Crippen LogP contribution is -2.15. The van der Waals surface area contributed by atoms with Crippen molar-refractivity contribution in [1.29, 1.82) is 0 Å². The first-order valence-electron chi connectivity index (χ1n) is 8.37. The molecule has 3 rings (SSSR count). The average Bonchev–Trinajstić information content (AvgIpc) is 2.89. The smallest absolute Gasteiger partial charge is 0.261 e. The predicted molar refractivity (Wildman–Crippen MR) is 104 cm³/mol. The van der Waals surface area contributed by atoms with Gasteiger partial charge in [-0.3, -0.25) is 14.2 Å². The number of aromatic nitrogens is 2. The number of aryl methyl sites for hydroxylation is 2. The third-order valence-electron chi connectivity index (χ3n) is 4.26. The minimum atomic E-state index is -3.83. The van der Waals surface area contributed by atoms with Crippen molar-refractivity contribution < 1.29 is 17.6 Å². The molecule has 146 valence electrons. The van der Waals surface area contributed by atoms with E-state index in [4.69, 9.17) is 0 Å². The number of nitrogens with zero attached hydrogens (tertiary/aromatic N) is 2. The van der Waals surface area contributed by atoms with Crippen molar-refractivity contribution in [2.45, 2.75) is 18.7 Å². The molecule has 1 amide bonds. The number of nitrogens with one attached hydrogen (secondary N) is 2. The number of carbonyl (C=O) groups is 1. The molecule has 0 aliphatic rings. The number of amides is 1. The molecule has 9 heteroatoms. The van der Waals surface area contributed by atoms with Gasteiger partial charge in [0, 0.05) is 24.1 Å². The lowest BCUT2D eigenvalue weighted by Gasteiger charge is -2.10. The third kappa shape index (κ3) is 4.04. The first kappa shape index (κ1) is 19.6. The highest BCUT2D eigenvalue weighted by atomic mass is 32.2. The van der Waals surface area contributed by atoms with Gasteiger partial charge in [0.15, 0.2) is 0 Å². The van der Waals surface area contributed by atoms with Gasteiger partial charge in [0.05, 0.1) is 16.2 Å². The van der Waals surface area contributed by atoms with Gasteiger partial charge in [0.25, 0.3) is 15.9 Å². The van der Waals surface area contributed by atoms with Crippen LogP contribution in [0.1, 0.15) is 21.7 Å². The first-order chi connectivity index (χ1) is 13.2. The molecule has 0 atom stereocenters. The van der Waals surface area contributed by atoms with Gasteiger partial charge in [-0.05, 0) is 62.4 Å². The highest BCUT2D eigenvalue weighted by molar-refractivity contribution is 7.92. The Kier molecular flexibility index (Phi) is 5.19. The molecule has 2 aromatic carbocycles. The molecule has 0 saturated carbocycles. The van der Waals surface area contributed by atoms with E-state index >= 15 is 0 Å². The monoisotopic (exact) mass is 402 g/mol. The fourth-order valence-electron chi connectivity index (χ4n) is 2.75. The fourth-order valence-corrected chi connectivity index (χ4v) is 3.80. The van der Waals surface area contributed by atoms with Crippen molar-refractivity contribution >= 4 is 27.3 Å². The van der Waals surface area contributed by atoms with Gasteiger partial charge in [0.2, 0.25) is 0 Å². The van der Waals surface area contributed by atoms with Crippen LogP contribution in [0.25, 0.3) is 0 Å². The lowest BCUT2D eigenvalue weighted by molar-refractivity contribution is 0.102. The lowest BCUT2D eigenvalue weighted by atomic mass is 10.2. The van der Waals surface area contributed by atoms with Crippen molar-refractivity contribution in [1.82, 2.24) is 9.78 Å². The van der Waals surface area contributed by atoms with Gasteiger partial charge >= 0.3 is 0 Å². The summed E-state index contributed by atoms with van der Waals surface area (Å²) >= 11 is 0. The summed E-state index contributed by atoms with van der Waals surface area (Å²) in [6.45, 7) is 3.57. The molecule has 7 nitrogen and oxygen atoms in total.